The number of hydrogen-bond acceptors (Lipinski definition) is 2. The van der Waals surface area contributed by atoms with Crippen molar-refractivity contribution in [1.29, 1.82) is 0 Å². The van der Waals surface area contributed by atoms with Crippen molar-refractivity contribution in [3.05, 3.63) is 42.5 Å². The van der Waals surface area contributed by atoms with Crippen LogP contribution in [0.4, 0.5) is 11.4 Å². The number of nitrogen functional groups attached to an aromatic ring is 2. The van der Waals surface area contributed by atoms with Gasteiger partial charge < -0.3 is 23.9 Å². The number of imidazole rings is 1. The first-order chi connectivity index (χ1) is 7.65. The molecule has 0 bridgehead atoms. The highest BCUT2D eigenvalue weighted by Gasteiger charge is 2.04. The highest BCUT2D eigenvalue weighted by molar-refractivity contribution is 5.55. The molecule has 0 amide bonds. The first-order valence-electron chi connectivity index (χ1n) is 5.30. The van der Waals surface area contributed by atoms with Crippen molar-refractivity contribution in [1.82, 2.24) is 4.57 Å². The number of aryl methyl sites for hydroxylation is 3. The van der Waals surface area contributed by atoms with Crippen LogP contribution in [0.15, 0.2) is 36.9 Å². The van der Waals surface area contributed by atoms with Gasteiger partial charge in [0.25, 0.3) is 0 Å². The van der Waals surface area contributed by atoms with E-state index in [2.05, 4.69) is 4.57 Å². The van der Waals surface area contributed by atoms with Gasteiger partial charge in [-0.15, -0.1) is 0 Å². The predicted molar refractivity (Wildman–Crippen MR) is 64.6 cm³/mol. The van der Waals surface area contributed by atoms with Crippen LogP contribution >= 0.6 is 0 Å². The Morgan fingerprint density at radius 3 is 2.71 bits per heavy atom. The molecule has 1 aromatic carbocycles. The van der Waals surface area contributed by atoms with E-state index in [1.54, 1.807) is 0 Å². The number of rotatable bonds is 3. The van der Waals surface area contributed by atoms with Gasteiger partial charge in [0.05, 0.1) is 13.6 Å². The zero-order valence-electron chi connectivity index (χ0n) is 9.81. The highest BCUT2D eigenvalue weighted by atomic mass is 35.5. The molecule has 0 aliphatic rings. The largest absolute Gasteiger partial charge is 1.00 e. The molecule has 0 spiro atoms. The van der Waals surface area contributed by atoms with Gasteiger partial charge in [-0.2, -0.15) is 0 Å². The second-order valence-electron chi connectivity index (χ2n) is 4.03. The van der Waals surface area contributed by atoms with Gasteiger partial charge in [0.1, 0.15) is 12.4 Å². The molecule has 5 heteroatoms. The minimum absolute atomic E-state index is 0. The van der Waals surface area contributed by atoms with Crippen molar-refractivity contribution in [2.45, 2.75) is 13.0 Å². The molecule has 2 aromatic rings. The lowest BCUT2D eigenvalue weighted by Crippen LogP contribution is -3.00. The average Bonchev–Trinajstić information content (AvgIpc) is 2.66. The molecule has 1 heterocycles. The summed E-state index contributed by atoms with van der Waals surface area (Å²) in [4.78, 5) is 0. The first-order valence-corrected chi connectivity index (χ1v) is 5.30. The minimum atomic E-state index is 0. The Hall–Kier alpha value is -1.68. The summed E-state index contributed by atoms with van der Waals surface area (Å²) in [6.45, 7) is 0.911. The van der Waals surface area contributed by atoms with Crippen LogP contribution in [-0.4, -0.2) is 4.57 Å². The summed E-state index contributed by atoms with van der Waals surface area (Å²) in [6, 6.07) is 5.63. The predicted octanol–water partition coefficient (Wildman–Crippen LogP) is -2.28. The van der Waals surface area contributed by atoms with E-state index in [0.29, 0.717) is 0 Å². The fourth-order valence-electron chi connectivity index (χ4n) is 1.73. The number of halogens is 1. The van der Waals surface area contributed by atoms with Gasteiger partial charge in [-0.25, -0.2) is 9.13 Å². The minimum Gasteiger partial charge on any atom is -1.00 e. The summed E-state index contributed by atoms with van der Waals surface area (Å²) >= 11 is 0. The summed E-state index contributed by atoms with van der Waals surface area (Å²) in [5.74, 6) is 0. The molecule has 0 aliphatic carbocycles. The number of nitrogens with two attached hydrogens (primary N) is 2. The van der Waals surface area contributed by atoms with E-state index in [1.807, 2.05) is 48.5 Å². The summed E-state index contributed by atoms with van der Waals surface area (Å²) in [5.41, 5.74) is 14.3. The Morgan fingerprint density at radius 2 is 2.06 bits per heavy atom. The molecular weight excluding hydrogens is 236 g/mol. The average molecular weight is 253 g/mol. The fourth-order valence-corrected chi connectivity index (χ4v) is 1.73. The van der Waals surface area contributed by atoms with Gasteiger partial charge in [-0.3, -0.25) is 0 Å². The third-order valence-corrected chi connectivity index (χ3v) is 2.63. The summed E-state index contributed by atoms with van der Waals surface area (Å²) < 4.78 is 4.14. The maximum atomic E-state index is 5.89. The molecule has 17 heavy (non-hydrogen) atoms. The molecule has 0 fully saturated rings. The van der Waals surface area contributed by atoms with E-state index >= 15 is 0 Å². The third-order valence-electron chi connectivity index (χ3n) is 2.63. The van der Waals surface area contributed by atoms with Gasteiger partial charge >= 0.3 is 0 Å². The molecule has 1 aromatic heterocycles. The molecule has 0 aliphatic heterocycles. The van der Waals surface area contributed by atoms with Crippen LogP contribution in [0, 0.1) is 0 Å². The van der Waals surface area contributed by atoms with E-state index in [4.69, 9.17) is 11.5 Å². The Kier molecular flexibility index (Phi) is 4.40. The molecule has 0 saturated heterocycles. The first kappa shape index (κ1) is 13.4. The van der Waals surface area contributed by atoms with Crippen LogP contribution in [0.5, 0.6) is 0 Å². The fraction of sp³-hybridized carbons (Fsp3) is 0.250. The lowest BCUT2D eigenvalue weighted by molar-refractivity contribution is -0.671. The molecule has 4 nitrogen and oxygen atoms in total. The normalized spacial score (nSPS) is 9.94. The second kappa shape index (κ2) is 5.59. The van der Waals surface area contributed by atoms with E-state index in [0.717, 1.165) is 29.9 Å². The molecule has 92 valence electrons. The highest BCUT2D eigenvalue weighted by Crippen LogP contribution is 2.16. The molecule has 2 rings (SSSR count). The SMILES string of the molecule is C[n+]1ccn(CCc2cc(N)ccc2N)c1.[Cl-]. The van der Waals surface area contributed by atoms with Crippen molar-refractivity contribution in [2.75, 3.05) is 11.5 Å². The van der Waals surface area contributed by atoms with E-state index in [1.165, 1.54) is 0 Å². The Bertz CT molecular complexity index is 493. The van der Waals surface area contributed by atoms with Crippen LogP contribution in [0.1, 0.15) is 5.56 Å². The van der Waals surface area contributed by atoms with Crippen LogP contribution in [0.2, 0.25) is 0 Å². The lowest BCUT2D eigenvalue weighted by Gasteiger charge is -2.05. The van der Waals surface area contributed by atoms with Crippen molar-refractivity contribution in [3.63, 3.8) is 0 Å². The van der Waals surface area contributed by atoms with Gasteiger partial charge in [0.15, 0.2) is 0 Å². The topological polar surface area (TPSA) is 60.8 Å². The van der Waals surface area contributed by atoms with Crippen LogP contribution < -0.4 is 28.4 Å². The Balaban J connectivity index is 0.00000144. The lowest BCUT2D eigenvalue weighted by atomic mass is 10.1. The molecule has 0 radical (unpaired) electrons. The van der Waals surface area contributed by atoms with Gasteiger partial charge in [-0.1, -0.05) is 0 Å². The van der Waals surface area contributed by atoms with E-state index in [9.17, 15) is 0 Å². The van der Waals surface area contributed by atoms with Gasteiger partial charge in [0, 0.05) is 17.8 Å². The van der Waals surface area contributed by atoms with Crippen LogP contribution in [-0.2, 0) is 20.0 Å². The summed E-state index contributed by atoms with van der Waals surface area (Å²) in [7, 11) is 2.01. The van der Waals surface area contributed by atoms with Gasteiger partial charge in [-0.05, 0) is 23.8 Å². The molecule has 0 unspecified atom stereocenters. The number of nitrogens with zero attached hydrogens (tertiary/aromatic N) is 2. The molecule has 0 atom stereocenters. The second-order valence-corrected chi connectivity index (χ2v) is 4.03. The third kappa shape index (κ3) is 3.39. The summed E-state index contributed by atoms with van der Waals surface area (Å²) in [6.07, 6.45) is 7.00. The van der Waals surface area contributed by atoms with Crippen LogP contribution in [0.3, 0.4) is 0 Å². The van der Waals surface area contributed by atoms with Crippen molar-refractivity contribution in [2.24, 2.45) is 7.05 Å². The van der Waals surface area contributed by atoms with Crippen LogP contribution in [0.25, 0.3) is 0 Å². The summed E-state index contributed by atoms with van der Waals surface area (Å²) in [5, 5.41) is 0. The zero-order valence-corrected chi connectivity index (χ0v) is 10.6. The maximum Gasteiger partial charge on any atom is 0.243 e. The molecule has 0 saturated carbocycles. The van der Waals surface area contributed by atoms with E-state index < -0.39 is 0 Å². The monoisotopic (exact) mass is 252 g/mol. The van der Waals surface area contributed by atoms with Gasteiger partial charge in [0.2, 0.25) is 6.33 Å². The Morgan fingerprint density at radius 1 is 1.29 bits per heavy atom. The van der Waals surface area contributed by atoms with Crippen molar-refractivity contribution in [3.8, 4) is 0 Å². The van der Waals surface area contributed by atoms with Crippen molar-refractivity contribution < 1.29 is 17.0 Å². The zero-order chi connectivity index (χ0) is 11.5. The number of hydrogen-bond donors (Lipinski definition) is 2. The maximum absolute atomic E-state index is 5.89. The van der Waals surface area contributed by atoms with E-state index in [-0.39, 0.29) is 12.4 Å². The number of benzene rings is 1. The number of anilines is 2. The number of aromatic nitrogens is 2. The standard InChI is InChI=1S/C12H17N4.ClH/c1-15-6-7-16(9-15)5-4-10-8-11(13)2-3-12(10)14;/h2-3,6-9H,4-5,13-14H2,1H3;1H/q+1;/p-1. The van der Waals surface area contributed by atoms with Crippen molar-refractivity contribution >= 4 is 11.4 Å². The Labute approximate surface area is 107 Å². The molecule has 4 N–H and O–H groups in total. The molecular formula is C12H17ClN4. The quantitative estimate of drug-likeness (QED) is 0.478. The smallest absolute Gasteiger partial charge is 0.243 e.